The Labute approximate surface area is 168 Å². The van der Waals surface area contributed by atoms with Gasteiger partial charge in [0, 0.05) is 24.7 Å². The molecule has 2 N–H and O–H groups in total. The first-order valence-corrected chi connectivity index (χ1v) is 9.32. The predicted octanol–water partition coefficient (Wildman–Crippen LogP) is 1.85. The van der Waals surface area contributed by atoms with E-state index in [0.717, 1.165) is 11.1 Å². The number of aromatic nitrogens is 2. The minimum Gasteiger partial charge on any atom is -0.394 e. The molecule has 0 radical (unpaired) electrons. The van der Waals surface area contributed by atoms with E-state index in [1.54, 1.807) is 0 Å². The Morgan fingerprint density at radius 2 is 1.66 bits per heavy atom. The molecule has 1 aromatic heterocycles. The second kappa shape index (κ2) is 9.77. The molecule has 2 aromatic carbocycles. The molecule has 0 aliphatic heterocycles. The second-order valence-corrected chi connectivity index (χ2v) is 6.35. The number of rotatable bonds is 8. The summed E-state index contributed by atoms with van der Waals surface area (Å²) in [6, 6.07) is 18.7. The molecule has 150 valence electrons. The van der Waals surface area contributed by atoms with Gasteiger partial charge in [0.1, 0.15) is 5.56 Å². The minimum atomic E-state index is -0.489. The molecule has 1 heterocycles. The number of benzene rings is 2. The average molecular weight is 393 g/mol. The zero-order valence-electron chi connectivity index (χ0n) is 16.2. The highest BCUT2D eigenvalue weighted by Crippen LogP contribution is 2.31. The SMILES string of the molecule is Cn1nc(-c2ccccc2)c(-c2ccccc2)c(C(=O)NCCOCCO)c1=O. The third-order valence-corrected chi connectivity index (χ3v) is 4.35. The van der Waals surface area contributed by atoms with Crippen LogP contribution in [0.1, 0.15) is 10.4 Å². The van der Waals surface area contributed by atoms with Crippen molar-refractivity contribution in [2.24, 2.45) is 7.05 Å². The molecule has 0 unspecified atom stereocenters. The lowest BCUT2D eigenvalue weighted by Crippen LogP contribution is -2.36. The molecule has 0 saturated carbocycles. The van der Waals surface area contributed by atoms with Crippen molar-refractivity contribution in [2.45, 2.75) is 0 Å². The maximum atomic E-state index is 13.0. The van der Waals surface area contributed by atoms with Crippen LogP contribution in [0.15, 0.2) is 65.5 Å². The fourth-order valence-electron chi connectivity index (χ4n) is 3.02. The summed E-state index contributed by atoms with van der Waals surface area (Å²) >= 11 is 0. The van der Waals surface area contributed by atoms with Crippen molar-refractivity contribution in [3.05, 3.63) is 76.6 Å². The number of hydrogen-bond acceptors (Lipinski definition) is 5. The summed E-state index contributed by atoms with van der Waals surface area (Å²) in [6.07, 6.45) is 0. The molecule has 0 fully saturated rings. The van der Waals surface area contributed by atoms with Crippen molar-refractivity contribution in [1.29, 1.82) is 0 Å². The van der Waals surface area contributed by atoms with Gasteiger partial charge in [-0.2, -0.15) is 5.10 Å². The van der Waals surface area contributed by atoms with Crippen LogP contribution >= 0.6 is 0 Å². The number of carbonyl (C=O) groups is 1. The van der Waals surface area contributed by atoms with E-state index in [2.05, 4.69) is 10.4 Å². The summed E-state index contributed by atoms with van der Waals surface area (Å²) in [5.74, 6) is -0.489. The van der Waals surface area contributed by atoms with Crippen molar-refractivity contribution in [3.63, 3.8) is 0 Å². The van der Waals surface area contributed by atoms with E-state index >= 15 is 0 Å². The van der Waals surface area contributed by atoms with Gasteiger partial charge in [-0.3, -0.25) is 9.59 Å². The molecule has 1 amide bonds. The molecular weight excluding hydrogens is 370 g/mol. The third-order valence-electron chi connectivity index (χ3n) is 4.35. The van der Waals surface area contributed by atoms with E-state index in [0.29, 0.717) is 11.3 Å². The van der Waals surface area contributed by atoms with Gasteiger partial charge < -0.3 is 15.2 Å². The van der Waals surface area contributed by atoms with Gasteiger partial charge in [0.25, 0.3) is 11.5 Å². The summed E-state index contributed by atoms with van der Waals surface area (Å²) < 4.78 is 6.36. The highest BCUT2D eigenvalue weighted by atomic mass is 16.5. The van der Waals surface area contributed by atoms with Gasteiger partial charge in [0.15, 0.2) is 0 Å². The molecular formula is C22H23N3O4. The maximum absolute atomic E-state index is 13.0. The summed E-state index contributed by atoms with van der Waals surface area (Å²) in [4.78, 5) is 25.9. The summed E-state index contributed by atoms with van der Waals surface area (Å²) in [7, 11) is 1.53. The van der Waals surface area contributed by atoms with E-state index in [1.807, 2.05) is 60.7 Å². The Morgan fingerprint density at radius 3 is 2.28 bits per heavy atom. The van der Waals surface area contributed by atoms with Crippen LogP contribution in [0.3, 0.4) is 0 Å². The number of aliphatic hydroxyl groups excluding tert-OH is 1. The Morgan fingerprint density at radius 1 is 1.03 bits per heavy atom. The van der Waals surface area contributed by atoms with E-state index in [4.69, 9.17) is 9.84 Å². The summed E-state index contributed by atoms with van der Waals surface area (Å²) in [6.45, 7) is 0.570. The van der Waals surface area contributed by atoms with Gasteiger partial charge >= 0.3 is 0 Å². The van der Waals surface area contributed by atoms with Gasteiger partial charge in [0.2, 0.25) is 0 Å². The summed E-state index contributed by atoms with van der Waals surface area (Å²) in [5, 5.41) is 15.9. The largest absolute Gasteiger partial charge is 0.394 e. The molecule has 7 heteroatoms. The first kappa shape index (κ1) is 20.4. The standard InChI is InChI=1S/C22H23N3O4/c1-25-22(28)19(21(27)23-12-14-29-15-13-26)18(16-8-4-2-5-9-16)20(24-25)17-10-6-3-7-11-17/h2-11,26H,12-15H2,1H3,(H,23,27). The molecule has 0 aliphatic rings. The van der Waals surface area contributed by atoms with E-state index in [9.17, 15) is 9.59 Å². The highest BCUT2D eigenvalue weighted by Gasteiger charge is 2.24. The van der Waals surface area contributed by atoms with E-state index < -0.39 is 11.5 Å². The number of nitrogens with one attached hydrogen (secondary N) is 1. The fourth-order valence-corrected chi connectivity index (χ4v) is 3.02. The molecule has 0 atom stereocenters. The maximum Gasteiger partial charge on any atom is 0.280 e. The Balaban J connectivity index is 2.10. The van der Waals surface area contributed by atoms with Crippen molar-refractivity contribution < 1.29 is 14.6 Å². The topological polar surface area (TPSA) is 93.5 Å². The average Bonchev–Trinajstić information content (AvgIpc) is 2.76. The van der Waals surface area contributed by atoms with E-state index in [1.165, 1.54) is 11.7 Å². The highest BCUT2D eigenvalue weighted by molar-refractivity contribution is 6.03. The van der Waals surface area contributed by atoms with Crippen LogP contribution in [0.25, 0.3) is 22.4 Å². The number of carbonyl (C=O) groups excluding carboxylic acids is 1. The smallest absolute Gasteiger partial charge is 0.280 e. The molecule has 3 aromatic rings. The zero-order valence-corrected chi connectivity index (χ0v) is 16.2. The normalized spacial score (nSPS) is 10.7. The molecule has 0 saturated heterocycles. The fraction of sp³-hybridized carbons (Fsp3) is 0.227. The quantitative estimate of drug-likeness (QED) is 0.570. The Hall–Kier alpha value is -3.29. The van der Waals surface area contributed by atoms with Gasteiger partial charge in [-0.25, -0.2) is 4.68 Å². The lowest BCUT2D eigenvalue weighted by atomic mass is 9.95. The van der Waals surface area contributed by atoms with Gasteiger partial charge in [0.05, 0.1) is 25.5 Å². The minimum absolute atomic E-state index is 0.0368. The van der Waals surface area contributed by atoms with Crippen molar-refractivity contribution in [3.8, 4) is 22.4 Å². The van der Waals surface area contributed by atoms with Gasteiger partial charge in [-0.1, -0.05) is 60.7 Å². The number of amides is 1. The lowest BCUT2D eigenvalue weighted by Gasteiger charge is -2.16. The van der Waals surface area contributed by atoms with Crippen LogP contribution in [-0.2, 0) is 11.8 Å². The monoisotopic (exact) mass is 393 g/mol. The number of aryl methyl sites for hydroxylation is 1. The Bertz CT molecular complexity index is 1020. The predicted molar refractivity (Wildman–Crippen MR) is 111 cm³/mol. The van der Waals surface area contributed by atoms with E-state index in [-0.39, 0.29) is 31.9 Å². The van der Waals surface area contributed by atoms with Crippen molar-refractivity contribution in [2.75, 3.05) is 26.4 Å². The Kier molecular flexibility index (Phi) is 6.89. The molecule has 0 aliphatic carbocycles. The molecule has 0 spiro atoms. The molecule has 29 heavy (non-hydrogen) atoms. The summed E-state index contributed by atoms with van der Waals surface area (Å²) in [5.41, 5.74) is 2.15. The third kappa shape index (κ3) is 4.77. The van der Waals surface area contributed by atoms with Gasteiger partial charge in [-0.05, 0) is 5.56 Å². The van der Waals surface area contributed by atoms with Crippen molar-refractivity contribution in [1.82, 2.24) is 15.1 Å². The number of nitrogens with zero attached hydrogens (tertiary/aromatic N) is 2. The zero-order chi connectivity index (χ0) is 20.6. The molecule has 3 rings (SSSR count). The van der Waals surface area contributed by atoms with Crippen LogP contribution in [0.4, 0.5) is 0 Å². The number of hydrogen-bond donors (Lipinski definition) is 2. The first-order valence-electron chi connectivity index (χ1n) is 9.32. The van der Waals surface area contributed by atoms with Crippen LogP contribution in [0.5, 0.6) is 0 Å². The molecule has 7 nitrogen and oxygen atoms in total. The van der Waals surface area contributed by atoms with Crippen LogP contribution in [-0.4, -0.2) is 47.2 Å². The second-order valence-electron chi connectivity index (χ2n) is 6.35. The van der Waals surface area contributed by atoms with Crippen LogP contribution in [0.2, 0.25) is 0 Å². The van der Waals surface area contributed by atoms with Crippen molar-refractivity contribution >= 4 is 5.91 Å². The van der Waals surface area contributed by atoms with Crippen LogP contribution < -0.4 is 10.9 Å². The van der Waals surface area contributed by atoms with Crippen LogP contribution in [0, 0.1) is 0 Å². The number of aliphatic hydroxyl groups is 1. The molecule has 0 bridgehead atoms. The first-order chi connectivity index (χ1) is 14.1. The van der Waals surface area contributed by atoms with Gasteiger partial charge in [-0.15, -0.1) is 0 Å². The number of ether oxygens (including phenoxy) is 1. The lowest BCUT2D eigenvalue weighted by molar-refractivity contribution is 0.0837.